The molecule has 0 bridgehead atoms. The van der Waals surface area contributed by atoms with Gasteiger partial charge in [0, 0.05) is 6.61 Å². The molecule has 0 spiro atoms. The third-order valence-electron chi connectivity index (χ3n) is 2.48. The van der Waals surface area contributed by atoms with E-state index in [9.17, 15) is 4.79 Å². The molecule has 3 heteroatoms. The summed E-state index contributed by atoms with van der Waals surface area (Å²) in [6.07, 6.45) is 3.50. The molecule has 1 unspecified atom stereocenters. The fourth-order valence-electron chi connectivity index (χ4n) is 1.38. The van der Waals surface area contributed by atoms with Gasteiger partial charge in [0.1, 0.15) is 12.7 Å². The van der Waals surface area contributed by atoms with E-state index in [0.29, 0.717) is 12.2 Å². The minimum Gasteiger partial charge on any atom is -0.459 e. The van der Waals surface area contributed by atoms with Crippen molar-refractivity contribution < 1.29 is 14.3 Å². The molecule has 1 aromatic carbocycles. The van der Waals surface area contributed by atoms with Gasteiger partial charge < -0.3 is 9.47 Å². The van der Waals surface area contributed by atoms with Crippen molar-refractivity contribution >= 4 is 5.97 Å². The molecule has 0 amide bonds. The maximum atomic E-state index is 11.7. The standard InChI is InChI=1S/C15H20O3/c1-3-5-11-17-14(4-2)12-18-15(16)13-9-7-6-8-10-13/h4,6-10,14H,2-3,5,11-12H2,1H3. The maximum absolute atomic E-state index is 11.7. The van der Waals surface area contributed by atoms with Crippen LogP contribution in [0.25, 0.3) is 0 Å². The Morgan fingerprint density at radius 2 is 2.11 bits per heavy atom. The summed E-state index contributed by atoms with van der Waals surface area (Å²) in [4.78, 5) is 11.7. The van der Waals surface area contributed by atoms with Gasteiger partial charge in [-0.1, -0.05) is 37.6 Å². The van der Waals surface area contributed by atoms with Gasteiger partial charge in [0.15, 0.2) is 0 Å². The zero-order valence-electron chi connectivity index (χ0n) is 10.8. The van der Waals surface area contributed by atoms with Gasteiger partial charge in [-0.15, -0.1) is 6.58 Å². The molecule has 0 aliphatic rings. The molecule has 0 aliphatic carbocycles. The SMILES string of the molecule is C=CC(COC(=O)c1ccccc1)OCCCC. The first-order valence-corrected chi connectivity index (χ1v) is 6.24. The molecular formula is C15H20O3. The predicted molar refractivity (Wildman–Crippen MR) is 71.6 cm³/mol. The van der Waals surface area contributed by atoms with Crippen molar-refractivity contribution in [2.45, 2.75) is 25.9 Å². The van der Waals surface area contributed by atoms with E-state index < -0.39 is 0 Å². The second-order valence-electron chi connectivity index (χ2n) is 3.96. The van der Waals surface area contributed by atoms with Crippen LogP contribution < -0.4 is 0 Å². The largest absolute Gasteiger partial charge is 0.459 e. The van der Waals surface area contributed by atoms with E-state index in [0.717, 1.165) is 12.8 Å². The van der Waals surface area contributed by atoms with Crippen molar-refractivity contribution in [2.24, 2.45) is 0 Å². The molecule has 0 saturated heterocycles. The Morgan fingerprint density at radius 1 is 1.39 bits per heavy atom. The van der Waals surface area contributed by atoms with Crippen LogP contribution in [0.15, 0.2) is 43.0 Å². The van der Waals surface area contributed by atoms with Gasteiger partial charge in [0.2, 0.25) is 0 Å². The number of rotatable bonds is 8. The van der Waals surface area contributed by atoms with Gasteiger partial charge in [0.25, 0.3) is 0 Å². The molecule has 0 saturated carbocycles. The van der Waals surface area contributed by atoms with Gasteiger partial charge >= 0.3 is 5.97 Å². The van der Waals surface area contributed by atoms with E-state index in [1.807, 2.05) is 6.07 Å². The van der Waals surface area contributed by atoms with Crippen molar-refractivity contribution in [3.8, 4) is 0 Å². The minimum atomic E-state index is -0.332. The molecule has 18 heavy (non-hydrogen) atoms. The lowest BCUT2D eigenvalue weighted by Gasteiger charge is -2.14. The smallest absolute Gasteiger partial charge is 0.338 e. The zero-order valence-corrected chi connectivity index (χ0v) is 10.8. The van der Waals surface area contributed by atoms with Crippen LogP contribution in [0.2, 0.25) is 0 Å². The van der Waals surface area contributed by atoms with Crippen LogP contribution in [0.1, 0.15) is 30.1 Å². The first kappa shape index (κ1) is 14.5. The summed E-state index contributed by atoms with van der Waals surface area (Å²) in [5.74, 6) is -0.332. The first-order valence-electron chi connectivity index (χ1n) is 6.24. The van der Waals surface area contributed by atoms with Crippen LogP contribution in [0, 0.1) is 0 Å². The summed E-state index contributed by atoms with van der Waals surface area (Å²) in [6, 6.07) is 8.92. The lowest BCUT2D eigenvalue weighted by molar-refractivity contribution is 0.00978. The molecule has 98 valence electrons. The van der Waals surface area contributed by atoms with E-state index in [-0.39, 0.29) is 18.7 Å². The summed E-state index contributed by atoms with van der Waals surface area (Å²) in [7, 11) is 0. The normalized spacial score (nSPS) is 11.8. The lowest BCUT2D eigenvalue weighted by Crippen LogP contribution is -2.20. The lowest BCUT2D eigenvalue weighted by atomic mass is 10.2. The molecule has 1 aromatic rings. The molecule has 1 rings (SSSR count). The van der Waals surface area contributed by atoms with Crippen LogP contribution in [0.3, 0.4) is 0 Å². The summed E-state index contributed by atoms with van der Waals surface area (Å²) < 4.78 is 10.7. The number of esters is 1. The molecule has 0 fully saturated rings. The van der Waals surface area contributed by atoms with Gasteiger partial charge in [-0.3, -0.25) is 0 Å². The van der Waals surface area contributed by atoms with Crippen molar-refractivity contribution in [3.05, 3.63) is 48.6 Å². The molecule has 0 aromatic heterocycles. The number of hydrogen-bond acceptors (Lipinski definition) is 3. The molecule has 0 N–H and O–H groups in total. The average Bonchev–Trinajstić information content (AvgIpc) is 2.43. The summed E-state index contributed by atoms with van der Waals surface area (Å²) in [5, 5.41) is 0. The van der Waals surface area contributed by atoms with Crippen LogP contribution in [0.4, 0.5) is 0 Å². The highest BCUT2D eigenvalue weighted by Crippen LogP contribution is 2.04. The van der Waals surface area contributed by atoms with E-state index in [1.54, 1.807) is 30.3 Å². The minimum absolute atomic E-state index is 0.209. The Hall–Kier alpha value is -1.61. The van der Waals surface area contributed by atoms with Crippen LogP contribution in [-0.4, -0.2) is 25.3 Å². The highest BCUT2D eigenvalue weighted by molar-refractivity contribution is 5.89. The number of carbonyl (C=O) groups excluding carboxylic acids is 1. The highest BCUT2D eigenvalue weighted by Gasteiger charge is 2.10. The first-order chi connectivity index (χ1) is 8.77. The second kappa shape index (κ2) is 8.48. The Labute approximate surface area is 108 Å². The van der Waals surface area contributed by atoms with Crippen molar-refractivity contribution in [1.29, 1.82) is 0 Å². The van der Waals surface area contributed by atoms with Crippen LogP contribution in [-0.2, 0) is 9.47 Å². The highest BCUT2D eigenvalue weighted by atomic mass is 16.6. The summed E-state index contributed by atoms with van der Waals surface area (Å²) >= 11 is 0. The van der Waals surface area contributed by atoms with Gasteiger partial charge in [0.05, 0.1) is 5.56 Å². The zero-order chi connectivity index (χ0) is 13.2. The van der Waals surface area contributed by atoms with Crippen molar-refractivity contribution in [2.75, 3.05) is 13.2 Å². The second-order valence-corrected chi connectivity index (χ2v) is 3.96. The molecule has 1 atom stereocenters. The molecular weight excluding hydrogens is 228 g/mol. The topological polar surface area (TPSA) is 35.5 Å². The van der Waals surface area contributed by atoms with E-state index >= 15 is 0 Å². The Bertz CT molecular complexity index is 359. The van der Waals surface area contributed by atoms with Crippen molar-refractivity contribution in [3.63, 3.8) is 0 Å². The predicted octanol–water partition coefficient (Wildman–Crippen LogP) is 3.21. The number of unbranched alkanes of at least 4 members (excludes halogenated alkanes) is 1. The third-order valence-corrected chi connectivity index (χ3v) is 2.48. The Kier molecular flexibility index (Phi) is 6.81. The number of benzene rings is 1. The van der Waals surface area contributed by atoms with Gasteiger partial charge in [-0.05, 0) is 18.6 Å². The van der Waals surface area contributed by atoms with Crippen molar-refractivity contribution in [1.82, 2.24) is 0 Å². The van der Waals surface area contributed by atoms with E-state index in [4.69, 9.17) is 9.47 Å². The number of hydrogen-bond donors (Lipinski definition) is 0. The summed E-state index contributed by atoms with van der Waals surface area (Å²) in [5.41, 5.74) is 0.550. The monoisotopic (exact) mass is 248 g/mol. The van der Waals surface area contributed by atoms with Crippen LogP contribution in [0.5, 0.6) is 0 Å². The fourth-order valence-corrected chi connectivity index (χ4v) is 1.38. The molecule has 3 nitrogen and oxygen atoms in total. The van der Waals surface area contributed by atoms with Crippen LogP contribution >= 0.6 is 0 Å². The molecule has 0 radical (unpaired) electrons. The number of ether oxygens (including phenoxy) is 2. The Morgan fingerprint density at radius 3 is 2.72 bits per heavy atom. The maximum Gasteiger partial charge on any atom is 0.338 e. The molecule has 0 heterocycles. The van der Waals surface area contributed by atoms with Gasteiger partial charge in [-0.25, -0.2) is 4.79 Å². The molecule has 0 aliphatic heterocycles. The van der Waals surface area contributed by atoms with E-state index in [1.165, 1.54) is 0 Å². The van der Waals surface area contributed by atoms with Gasteiger partial charge in [-0.2, -0.15) is 0 Å². The Balaban J connectivity index is 2.34. The quantitative estimate of drug-likeness (QED) is 0.402. The summed E-state index contributed by atoms with van der Waals surface area (Å²) in [6.45, 7) is 6.65. The van der Waals surface area contributed by atoms with E-state index in [2.05, 4.69) is 13.5 Å². The average molecular weight is 248 g/mol. The third kappa shape index (κ3) is 5.15. The number of carbonyl (C=O) groups is 1. The fraction of sp³-hybridized carbons (Fsp3) is 0.400.